The van der Waals surface area contributed by atoms with Crippen LogP contribution >= 0.6 is 0 Å². The van der Waals surface area contributed by atoms with E-state index in [1.165, 1.54) is 0 Å². The molecule has 3 amide bonds. The van der Waals surface area contributed by atoms with Crippen molar-refractivity contribution in [2.75, 3.05) is 64.0 Å². The minimum atomic E-state index is -0.489. The molecule has 8 nitrogen and oxygen atoms in total. The van der Waals surface area contributed by atoms with Gasteiger partial charge in [-0.05, 0) is 18.2 Å². The van der Waals surface area contributed by atoms with Gasteiger partial charge in [-0.2, -0.15) is 0 Å². The molecule has 1 aromatic rings. The highest BCUT2D eigenvalue weighted by Crippen LogP contribution is 2.23. The second-order valence-corrected chi connectivity index (χ2v) is 6.92. The average Bonchev–Trinajstić information content (AvgIpc) is 2.98. The summed E-state index contributed by atoms with van der Waals surface area (Å²) in [6.45, 7) is 5.37. The second kappa shape index (κ2) is 7.22. The maximum atomic E-state index is 13.1. The fourth-order valence-corrected chi connectivity index (χ4v) is 3.69. The maximum absolute atomic E-state index is 13.1. The van der Waals surface area contributed by atoms with Gasteiger partial charge in [-0.3, -0.25) is 9.69 Å². The summed E-state index contributed by atoms with van der Waals surface area (Å²) in [6, 6.07) is 7.13. The third-order valence-corrected chi connectivity index (χ3v) is 5.03. The molecule has 0 aliphatic carbocycles. The Morgan fingerprint density at radius 1 is 1.19 bits per heavy atom. The van der Waals surface area contributed by atoms with Gasteiger partial charge >= 0.3 is 6.03 Å². The van der Waals surface area contributed by atoms with E-state index in [1.54, 1.807) is 17.0 Å². The first kappa shape index (κ1) is 17.3. The number of nitrogens with zero attached hydrogens (tertiary/aromatic N) is 2. The summed E-state index contributed by atoms with van der Waals surface area (Å²) in [4.78, 5) is 28.4. The van der Waals surface area contributed by atoms with E-state index >= 15 is 0 Å². The van der Waals surface area contributed by atoms with Gasteiger partial charge in [0.2, 0.25) is 0 Å². The first-order valence-corrected chi connectivity index (χ1v) is 9.04. The quantitative estimate of drug-likeness (QED) is 0.779. The lowest BCUT2D eigenvalue weighted by molar-refractivity contribution is -0.125. The zero-order valence-electron chi connectivity index (χ0n) is 14.7. The van der Waals surface area contributed by atoms with Gasteiger partial charge in [-0.15, -0.1) is 0 Å². The molecule has 3 saturated heterocycles. The van der Waals surface area contributed by atoms with E-state index in [2.05, 4.69) is 10.6 Å². The zero-order chi connectivity index (χ0) is 18.0. The number of carbonyl (C=O) groups is 2. The van der Waals surface area contributed by atoms with Crippen LogP contribution in [0.4, 0.5) is 10.5 Å². The molecule has 0 bridgehead atoms. The van der Waals surface area contributed by atoms with E-state index < -0.39 is 5.60 Å². The van der Waals surface area contributed by atoms with Gasteiger partial charge in [0, 0.05) is 44.0 Å². The summed E-state index contributed by atoms with van der Waals surface area (Å²) in [6.07, 6.45) is 0. The largest absolute Gasteiger partial charge is 0.377 e. The lowest BCUT2D eigenvalue weighted by atomic mass is 10.0. The number of hydrogen-bond donors (Lipinski definition) is 2. The van der Waals surface area contributed by atoms with Gasteiger partial charge in [0.25, 0.3) is 5.91 Å². The fraction of sp³-hybridized carbons (Fsp3) is 0.556. The summed E-state index contributed by atoms with van der Waals surface area (Å²) in [5.74, 6) is -0.0432. The Morgan fingerprint density at radius 2 is 2.12 bits per heavy atom. The van der Waals surface area contributed by atoms with Crippen LogP contribution in [0.3, 0.4) is 0 Å². The van der Waals surface area contributed by atoms with E-state index in [0.29, 0.717) is 58.1 Å². The van der Waals surface area contributed by atoms with Gasteiger partial charge in [0.1, 0.15) is 5.60 Å². The van der Waals surface area contributed by atoms with E-state index in [4.69, 9.17) is 9.47 Å². The first-order valence-electron chi connectivity index (χ1n) is 9.04. The number of hydrogen-bond acceptors (Lipinski definition) is 5. The predicted molar refractivity (Wildman–Crippen MR) is 95.5 cm³/mol. The highest BCUT2D eigenvalue weighted by molar-refractivity contribution is 5.98. The van der Waals surface area contributed by atoms with Crippen molar-refractivity contribution >= 4 is 17.6 Å². The third-order valence-electron chi connectivity index (χ3n) is 5.03. The van der Waals surface area contributed by atoms with Crippen LogP contribution < -0.4 is 15.5 Å². The Labute approximate surface area is 152 Å². The summed E-state index contributed by atoms with van der Waals surface area (Å²) in [5, 5.41) is 6.10. The van der Waals surface area contributed by atoms with Gasteiger partial charge in [-0.25, -0.2) is 4.79 Å². The summed E-state index contributed by atoms with van der Waals surface area (Å²) < 4.78 is 11.6. The lowest BCUT2D eigenvalue weighted by Crippen LogP contribution is -2.59. The van der Waals surface area contributed by atoms with E-state index in [1.807, 2.05) is 17.0 Å². The smallest absolute Gasteiger partial charge is 0.321 e. The minimum absolute atomic E-state index is 0.0432. The van der Waals surface area contributed by atoms with Crippen molar-refractivity contribution in [1.29, 1.82) is 0 Å². The normalized spacial score (nSPS) is 26.7. The van der Waals surface area contributed by atoms with Crippen LogP contribution in [0.25, 0.3) is 0 Å². The topological polar surface area (TPSA) is 83.1 Å². The fourth-order valence-electron chi connectivity index (χ4n) is 3.69. The number of nitrogens with one attached hydrogen (secondary N) is 2. The molecule has 3 heterocycles. The van der Waals surface area contributed by atoms with Crippen LogP contribution in [0, 0.1) is 0 Å². The minimum Gasteiger partial charge on any atom is -0.377 e. The van der Waals surface area contributed by atoms with Crippen molar-refractivity contribution in [3.05, 3.63) is 29.8 Å². The number of ether oxygens (including phenoxy) is 2. The third kappa shape index (κ3) is 3.40. The van der Waals surface area contributed by atoms with Gasteiger partial charge < -0.3 is 25.0 Å². The number of urea groups is 1. The number of carbonyl (C=O) groups excluding carboxylic acids is 2. The molecular weight excluding hydrogens is 336 g/mol. The molecule has 0 aromatic heterocycles. The Hall–Kier alpha value is -2.16. The first-order chi connectivity index (χ1) is 12.7. The average molecular weight is 360 g/mol. The van der Waals surface area contributed by atoms with Crippen molar-refractivity contribution in [3.63, 3.8) is 0 Å². The molecule has 0 saturated carbocycles. The van der Waals surface area contributed by atoms with Crippen LogP contribution in [0.2, 0.25) is 0 Å². The second-order valence-electron chi connectivity index (χ2n) is 6.92. The molecule has 140 valence electrons. The number of benzene rings is 1. The van der Waals surface area contributed by atoms with Crippen molar-refractivity contribution in [1.82, 2.24) is 15.5 Å². The van der Waals surface area contributed by atoms with Crippen molar-refractivity contribution in [2.45, 2.75) is 5.60 Å². The molecule has 1 atom stereocenters. The van der Waals surface area contributed by atoms with Crippen LogP contribution in [0.5, 0.6) is 0 Å². The Balaban J connectivity index is 1.51. The van der Waals surface area contributed by atoms with Crippen LogP contribution in [0.15, 0.2) is 24.3 Å². The molecule has 4 rings (SSSR count). The number of amides is 3. The molecule has 26 heavy (non-hydrogen) atoms. The number of rotatable bonds is 2. The zero-order valence-corrected chi connectivity index (χ0v) is 14.7. The van der Waals surface area contributed by atoms with Crippen molar-refractivity contribution in [3.8, 4) is 0 Å². The van der Waals surface area contributed by atoms with Crippen LogP contribution in [0.1, 0.15) is 10.4 Å². The summed E-state index contributed by atoms with van der Waals surface area (Å²) in [7, 11) is 0. The standard InChI is InChI=1S/C18H24N4O4/c23-16(14-2-1-3-15(10-14)22-6-4-20-17(22)24)21-7-9-26-18(12-21)11-19-5-8-25-13-18/h1-3,10,19H,4-9,11-13H2,(H,20,24)/t18-/m0/s1. The molecule has 1 spiro atoms. The Morgan fingerprint density at radius 3 is 2.96 bits per heavy atom. The van der Waals surface area contributed by atoms with Crippen molar-refractivity contribution < 1.29 is 19.1 Å². The van der Waals surface area contributed by atoms with Crippen molar-refractivity contribution in [2.24, 2.45) is 0 Å². The van der Waals surface area contributed by atoms with Gasteiger partial charge in [-0.1, -0.05) is 6.07 Å². The highest BCUT2D eigenvalue weighted by atomic mass is 16.5. The van der Waals surface area contributed by atoms with Crippen LogP contribution in [-0.4, -0.2) is 81.5 Å². The van der Waals surface area contributed by atoms with E-state index in [0.717, 1.165) is 12.2 Å². The molecule has 3 fully saturated rings. The number of morpholine rings is 1. The Kier molecular flexibility index (Phi) is 4.80. The summed E-state index contributed by atoms with van der Waals surface area (Å²) >= 11 is 0. The predicted octanol–water partition coefficient (Wildman–Crippen LogP) is 0.0472. The monoisotopic (exact) mass is 360 g/mol. The summed E-state index contributed by atoms with van der Waals surface area (Å²) in [5.41, 5.74) is 0.840. The molecule has 3 aliphatic rings. The highest BCUT2D eigenvalue weighted by Gasteiger charge is 2.39. The molecule has 0 radical (unpaired) electrons. The van der Waals surface area contributed by atoms with Gasteiger partial charge in [0.15, 0.2) is 0 Å². The molecule has 1 aromatic carbocycles. The molecular formula is C18H24N4O4. The molecule has 2 N–H and O–H groups in total. The SMILES string of the molecule is O=C(c1cccc(N2CCNC2=O)c1)N1CCO[C@@]2(CNCCOC2)C1. The van der Waals surface area contributed by atoms with E-state index in [-0.39, 0.29) is 11.9 Å². The lowest BCUT2D eigenvalue weighted by Gasteiger charge is -2.41. The van der Waals surface area contributed by atoms with Gasteiger partial charge in [0.05, 0.1) is 26.4 Å². The Bertz CT molecular complexity index is 688. The molecule has 3 aliphatic heterocycles. The van der Waals surface area contributed by atoms with Crippen LogP contribution in [-0.2, 0) is 9.47 Å². The molecule has 8 heteroatoms. The van der Waals surface area contributed by atoms with E-state index in [9.17, 15) is 9.59 Å². The maximum Gasteiger partial charge on any atom is 0.321 e. The number of anilines is 1. The molecule has 0 unspecified atom stereocenters.